The molecule has 4 nitrogen and oxygen atoms in total. The van der Waals surface area contributed by atoms with Crippen LogP contribution in [0.5, 0.6) is 0 Å². The molecule has 1 aromatic heterocycles. The van der Waals surface area contributed by atoms with Crippen LogP contribution in [0.15, 0.2) is 12.3 Å². The minimum Gasteiger partial charge on any atom is -0.384 e. The third-order valence-electron chi connectivity index (χ3n) is 3.07. The van der Waals surface area contributed by atoms with Gasteiger partial charge in [0, 0.05) is 19.3 Å². The molecule has 0 unspecified atom stereocenters. The average molecular weight is 254 g/mol. The van der Waals surface area contributed by atoms with Crippen molar-refractivity contribution in [1.29, 1.82) is 0 Å². The molecular weight excluding hydrogens is 238 g/mol. The minimum absolute atomic E-state index is 0.0605. The van der Waals surface area contributed by atoms with Crippen LogP contribution in [-0.4, -0.2) is 28.9 Å². The van der Waals surface area contributed by atoms with Crippen LogP contribution < -0.4 is 5.73 Å². The van der Waals surface area contributed by atoms with Gasteiger partial charge in [-0.15, -0.1) is 0 Å². The number of hydrogen-bond donors (Lipinski definition) is 1. The highest BCUT2D eigenvalue weighted by Crippen LogP contribution is 2.30. The number of pyridine rings is 1. The first kappa shape index (κ1) is 12.2. The van der Waals surface area contributed by atoms with E-state index in [9.17, 15) is 4.79 Å². The highest BCUT2D eigenvalue weighted by Gasteiger charge is 2.33. The van der Waals surface area contributed by atoms with Gasteiger partial charge in [-0.05, 0) is 17.9 Å². The molecule has 1 fully saturated rings. The molecule has 1 saturated heterocycles. The van der Waals surface area contributed by atoms with Crippen molar-refractivity contribution in [2.75, 3.05) is 18.8 Å². The molecule has 0 saturated carbocycles. The van der Waals surface area contributed by atoms with Crippen LogP contribution in [-0.2, 0) is 0 Å². The van der Waals surface area contributed by atoms with Crippen LogP contribution in [0.2, 0.25) is 5.02 Å². The summed E-state index contributed by atoms with van der Waals surface area (Å²) in [6.07, 6.45) is 2.43. The van der Waals surface area contributed by atoms with Gasteiger partial charge in [0.2, 0.25) is 0 Å². The second-order valence-corrected chi connectivity index (χ2v) is 5.64. The molecule has 5 heteroatoms. The van der Waals surface area contributed by atoms with Crippen LogP contribution in [0.25, 0.3) is 0 Å². The molecule has 1 amide bonds. The van der Waals surface area contributed by atoms with Gasteiger partial charge in [-0.25, -0.2) is 4.98 Å². The fraction of sp³-hybridized carbons (Fsp3) is 0.500. The van der Waals surface area contributed by atoms with Gasteiger partial charge < -0.3 is 10.6 Å². The number of amides is 1. The van der Waals surface area contributed by atoms with Gasteiger partial charge >= 0.3 is 0 Å². The number of rotatable bonds is 1. The molecule has 0 aliphatic carbocycles. The van der Waals surface area contributed by atoms with Gasteiger partial charge in [-0.3, -0.25) is 4.79 Å². The lowest BCUT2D eigenvalue weighted by molar-refractivity contribution is 0.0778. The van der Waals surface area contributed by atoms with Crippen molar-refractivity contribution < 1.29 is 4.79 Å². The maximum Gasteiger partial charge on any atom is 0.255 e. The fourth-order valence-corrected chi connectivity index (χ4v) is 2.26. The molecule has 0 radical (unpaired) electrons. The number of hydrogen-bond acceptors (Lipinski definition) is 3. The molecular formula is C12H16ClN3O. The van der Waals surface area contributed by atoms with Crippen molar-refractivity contribution >= 4 is 23.3 Å². The average Bonchev–Trinajstić information content (AvgIpc) is 2.61. The third-order valence-corrected chi connectivity index (χ3v) is 3.37. The van der Waals surface area contributed by atoms with Crippen molar-refractivity contribution in [3.8, 4) is 0 Å². The minimum atomic E-state index is -0.0605. The van der Waals surface area contributed by atoms with E-state index in [2.05, 4.69) is 18.8 Å². The Morgan fingerprint density at radius 3 is 2.88 bits per heavy atom. The normalized spacial score (nSPS) is 18.4. The maximum atomic E-state index is 12.3. The van der Waals surface area contributed by atoms with E-state index in [1.165, 1.54) is 12.3 Å². The topological polar surface area (TPSA) is 59.2 Å². The van der Waals surface area contributed by atoms with Crippen molar-refractivity contribution in [1.82, 2.24) is 9.88 Å². The number of carbonyl (C=O) groups is 1. The maximum absolute atomic E-state index is 12.3. The SMILES string of the molecule is CC1(C)CCN(C(=O)c2cc(N)ncc2Cl)C1. The van der Waals surface area contributed by atoms with E-state index in [1.54, 1.807) is 0 Å². The Kier molecular flexibility index (Phi) is 3.00. The molecule has 2 N–H and O–H groups in total. The Labute approximate surface area is 106 Å². The summed E-state index contributed by atoms with van der Waals surface area (Å²) in [5.41, 5.74) is 6.20. The van der Waals surface area contributed by atoms with E-state index >= 15 is 0 Å². The standard InChI is InChI=1S/C12H16ClN3O/c1-12(2)3-4-16(7-12)11(17)8-5-10(14)15-6-9(8)13/h5-6H,3-4,7H2,1-2H3,(H2,14,15). The predicted octanol–water partition coefficient (Wildman–Crippen LogP) is 2.19. The van der Waals surface area contributed by atoms with E-state index < -0.39 is 0 Å². The lowest BCUT2D eigenvalue weighted by Crippen LogP contribution is -2.30. The number of likely N-dealkylation sites (tertiary alicyclic amines) is 1. The Hall–Kier alpha value is -1.29. The summed E-state index contributed by atoms with van der Waals surface area (Å²) >= 11 is 5.98. The van der Waals surface area contributed by atoms with Crippen LogP contribution in [0.3, 0.4) is 0 Å². The van der Waals surface area contributed by atoms with Gasteiger partial charge in [0.05, 0.1) is 10.6 Å². The number of nitrogens with zero attached hydrogens (tertiary/aromatic N) is 2. The Bertz CT molecular complexity index is 459. The first-order valence-electron chi connectivity index (χ1n) is 5.59. The summed E-state index contributed by atoms with van der Waals surface area (Å²) in [7, 11) is 0. The van der Waals surface area contributed by atoms with E-state index in [4.69, 9.17) is 17.3 Å². The molecule has 1 aliphatic rings. The van der Waals surface area contributed by atoms with Crippen molar-refractivity contribution in [3.05, 3.63) is 22.8 Å². The van der Waals surface area contributed by atoms with Crippen LogP contribution >= 0.6 is 11.6 Å². The molecule has 2 rings (SSSR count). The smallest absolute Gasteiger partial charge is 0.255 e. The van der Waals surface area contributed by atoms with Crippen molar-refractivity contribution in [2.45, 2.75) is 20.3 Å². The van der Waals surface area contributed by atoms with Gasteiger partial charge in [0.15, 0.2) is 0 Å². The molecule has 0 atom stereocenters. The number of aromatic nitrogens is 1. The predicted molar refractivity (Wildman–Crippen MR) is 68.0 cm³/mol. The second-order valence-electron chi connectivity index (χ2n) is 5.23. The van der Waals surface area contributed by atoms with E-state index in [0.29, 0.717) is 16.4 Å². The zero-order chi connectivity index (χ0) is 12.6. The quantitative estimate of drug-likeness (QED) is 0.835. The summed E-state index contributed by atoms with van der Waals surface area (Å²) < 4.78 is 0. The highest BCUT2D eigenvalue weighted by atomic mass is 35.5. The van der Waals surface area contributed by atoms with Gasteiger partial charge in [-0.1, -0.05) is 25.4 Å². The van der Waals surface area contributed by atoms with E-state index in [0.717, 1.165) is 19.5 Å². The first-order chi connectivity index (χ1) is 7.89. The summed E-state index contributed by atoms with van der Waals surface area (Å²) in [5, 5.41) is 0.355. The number of anilines is 1. The summed E-state index contributed by atoms with van der Waals surface area (Å²) in [6, 6.07) is 1.54. The zero-order valence-electron chi connectivity index (χ0n) is 10.0. The number of nitrogen functional groups attached to an aromatic ring is 1. The molecule has 0 spiro atoms. The van der Waals surface area contributed by atoms with Crippen molar-refractivity contribution in [2.24, 2.45) is 5.41 Å². The largest absolute Gasteiger partial charge is 0.384 e. The van der Waals surface area contributed by atoms with E-state index in [1.807, 2.05) is 4.90 Å². The fourth-order valence-electron chi connectivity index (χ4n) is 2.07. The monoisotopic (exact) mass is 253 g/mol. The summed E-state index contributed by atoms with van der Waals surface area (Å²) in [6.45, 7) is 5.83. The zero-order valence-corrected chi connectivity index (χ0v) is 10.8. The Morgan fingerprint density at radius 1 is 1.59 bits per heavy atom. The molecule has 92 valence electrons. The van der Waals surface area contributed by atoms with Crippen LogP contribution in [0.4, 0.5) is 5.82 Å². The summed E-state index contributed by atoms with van der Waals surface area (Å²) in [5.74, 6) is 0.255. The van der Waals surface area contributed by atoms with Crippen molar-refractivity contribution in [3.63, 3.8) is 0 Å². The number of nitrogens with two attached hydrogens (primary N) is 1. The van der Waals surface area contributed by atoms with Crippen LogP contribution in [0.1, 0.15) is 30.6 Å². The van der Waals surface area contributed by atoms with Gasteiger partial charge in [0.25, 0.3) is 5.91 Å². The molecule has 2 heterocycles. The van der Waals surface area contributed by atoms with Gasteiger partial charge in [-0.2, -0.15) is 0 Å². The highest BCUT2D eigenvalue weighted by molar-refractivity contribution is 6.33. The Morgan fingerprint density at radius 2 is 2.29 bits per heavy atom. The first-order valence-corrected chi connectivity index (χ1v) is 5.97. The molecule has 1 aromatic rings. The van der Waals surface area contributed by atoms with E-state index in [-0.39, 0.29) is 11.3 Å². The molecule has 1 aliphatic heterocycles. The number of carbonyl (C=O) groups excluding carboxylic acids is 1. The van der Waals surface area contributed by atoms with Gasteiger partial charge in [0.1, 0.15) is 5.82 Å². The molecule has 0 bridgehead atoms. The number of halogens is 1. The second kappa shape index (κ2) is 4.18. The molecule has 17 heavy (non-hydrogen) atoms. The summed E-state index contributed by atoms with van der Waals surface area (Å²) in [4.78, 5) is 17.9. The lowest BCUT2D eigenvalue weighted by Gasteiger charge is -2.20. The Balaban J connectivity index is 2.23. The molecule has 0 aromatic carbocycles. The lowest BCUT2D eigenvalue weighted by atomic mass is 9.93. The third kappa shape index (κ3) is 2.52. The van der Waals surface area contributed by atoms with Crippen LogP contribution in [0, 0.1) is 5.41 Å².